The van der Waals surface area contributed by atoms with Crippen LogP contribution in [0.2, 0.25) is 0 Å². The van der Waals surface area contributed by atoms with Gasteiger partial charge in [0.15, 0.2) is 0 Å². The Bertz CT molecular complexity index is 658. The zero-order chi connectivity index (χ0) is 13.9. The highest BCUT2D eigenvalue weighted by Crippen LogP contribution is 2.36. The molecule has 2 heteroatoms. The first-order valence-electron chi connectivity index (χ1n) is 6.85. The maximum Gasteiger partial charge on any atom is 0.217 e. The van der Waals surface area contributed by atoms with Gasteiger partial charge in [-0.05, 0) is 28.7 Å². The van der Waals surface area contributed by atoms with Gasteiger partial charge in [0.1, 0.15) is 0 Å². The zero-order valence-electron chi connectivity index (χ0n) is 11.5. The predicted octanol–water partition coefficient (Wildman–Crippen LogP) is 3.50. The van der Waals surface area contributed by atoms with Crippen LogP contribution in [0.15, 0.2) is 60.7 Å². The van der Waals surface area contributed by atoms with Crippen molar-refractivity contribution in [3.05, 3.63) is 77.4 Å². The number of nitrogens with one attached hydrogen (secondary N) is 1. The average Bonchev–Trinajstić information content (AvgIpc) is 2.78. The topological polar surface area (TPSA) is 29.1 Å². The van der Waals surface area contributed by atoms with E-state index in [1.165, 1.54) is 22.3 Å². The van der Waals surface area contributed by atoms with Crippen molar-refractivity contribution in [2.24, 2.45) is 0 Å². The van der Waals surface area contributed by atoms with Crippen molar-refractivity contribution in [2.75, 3.05) is 0 Å². The van der Waals surface area contributed by atoms with Crippen molar-refractivity contribution >= 4 is 11.5 Å². The SMILES string of the molecule is CC(=O)NC1C=C(Cc2ccccc2)c2ccccc21. The number of amides is 1. The van der Waals surface area contributed by atoms with E-state index in [2.05, 4.69) is 47.8 Å². The highest BCUT2D eigenvalue weighted by atomic mass is 16.1. The van der Waals surface area contributed by atoms with Crippen molar-refractivity contribution in [3.63, 3.8) is 0 Å². The number of hydrogen-bond donors (Lipinski definition) is 1. The molecule has 100 valence electrons. The molecule has 1 N–H and O–H groups in total. The molecule has 0 saturated heterocycles. The lowest BCUT2D eigenvalue weighted by Crippen LogP contribution is -2.23. The fourth-order valence-corrected chi connectivity index (χ4v) is 2.75. The number of allylic oxidation sites excluding steroid dienone is 1. The van der Waals surface area contributed by atoms with Gasteiger partial charge in [-0.15, -0.1) is 0 Å². The van der Waals surface area contributed by atoms with Crippen LogP contribution in [-0.2, 0) is 11.2 Å². The van der Waals surface area contributed by atoms with Crippen LogP contribution in [0.1, 0.15) is 29.7 Å². The Labute approximate surface area is 119 Å². The monoisotopic (exact) mass is 263 g/mol. The van der Waals surface area contributed by atoms with E-state index in [0.29, 0.717) is 0 Å². The third kappa shape index (κ3) is 2.50. The average molecular weight is 263 g/mol. The fourth-order valence-electron chi connectivity index (χ4n) is 2.75. The molecule has 2 aromatic rings. The van der Waals surface area contributed by atoms with E-state index >= 15 is 0 Å². The van der Waals surface area contributed by atoms with Gasteiger partial charge in [0.05, 0.1) is 6.04 Å². The molecule has 1 amide bonds. The molecular weight excluding hydrogens is 246 g/mol. The zero-order valence-corrected chi connectivity index (χ0v) is 11.5. The molecule has 0 fully saturated rings. The van der Waals surface area contributed by atoms with E-state index in [-0.39, 0.29) is 11.9 Å². The molecule has 0 radical (unpaired) electrons. The largest absolute Gasteiger partial charge is 0.346 e. The minimum absolute atomic E-state index is 0.00186. The maximum atomic E-state index is 11.3. The Hall–Kier alpha value is -2.35. The second-order valence-corrected chi connectivity index (χ2v) is 5.12. The molecule has 2 nitrogen and oxygen atoms in total. The molecule has 0 bridgehead atoms. The summed E-state index contributed by atoms with van der Waals surface area (Å²) in [6.07, 6.45) is 3.06. The van der Waals surface area contributed by atoms with Gasteiger partial charge in [-0.1, -0.05) is 60.7 Å². The van der Waals surface area contributed by atoms with Crippen LogP contribution in [0.4, 0.5) is 0 Å². The maximum absolute atomic E-state index is 11.3. The van der Waals surface area contributed by atoms with E-state index in [4.69, 9.17) is 0 Å². The first kappa shape index (κ1) is 12.7. The van der Waals surface area contributed by atoms with Crippen molar-refractivity contribution in [1.82, 2.24) is 5.32 Å². The number of fused-ring (bicyclic) bond motifs is 1. The number of hydrogen-bond acceptors (Lipinski definition) is 1. The lowest BCUT2D eigenvalue weighted by molar-refractivity contribution is -0.119. The highest BCUT2D eigenvalue weighted by Gasteiger charge is 2.23. The third-order valence-corrected chi connectivity index (χ3v) is 3.61. The van der Waals surface area contributed by atoms with Crippen molar-refractivity contribution in [1.29, 1.82) is 0 Å². The van der Waals surface area contributed by atoms with E-state index in [9.17, 15) is 4.79 Å². The van der Waals surface area contributed by atoms with Gasteiger partial charge in [-0.25, -0.2) is 0 Å². The first-order chi connectivity index (χ1) is 9.74. The smallest absolute Gasteiger partial charge is 0.217 e. The predicted molar refractivity (Wildman–Crippen MR) is 81.1 cm³/mol. The highest BCUT2D eigenvalue weighted by molar-refractivity contribution is 5.80. The van der Waals surface area contributed by atoms with Gasteiger partial charge in [-0.3, -0.25) is 4.79 Å². The Morgan fingerprint density at radius 3 is 2.50 bits per heavy atom. The van der Waals surface area contributed by atoms with Crippen LogP contribution in [0.3, 0.4) is 0 Å². The minimum atomic E-state index is 0.00186. The Kier molecular flexibility index (Phi) is 3.38. The minimum Gasteiger partial charge on any atom is -0.346 e. The first-order valence-corrected chi connectivity index (χ1v) is 6.85. The lowest BCUT2D eigenvalue weighted by atomic mass is 9.99. The van der Waals surface area contributed by atoms with E-state index in [1.807, 2.05) is 18.2 Å². The molecule has 20 heavy (non-hydrogen) atoms. The Morgan fingerprint density at radius 2 is 1.75 bits per heavy atom. The molecule has 1 atom stereocenters. The van der Waals surface area contributed by atoms with Crippen LogP contribution in [0.5, 0.6) is 0 Å². The molecule has 0 spiro atoms. The van der Waals surface area contributed by atoms with Crippen molar-refractivity contribution < 1.29 is 4.79 Å². The third-order valence-electron chi connectivity index (χ3n) is 3.61. The number of rotatable bonds is 3. The van der Waals surface area contributed by atoms with Gasteiger partial charge in [0.2, 0.25) is 5.91 Å². The molecule has 0 saturated carbocycles. The van der Waals surface area contributed by atoms with E-state index in [0.717, 1.165) is 6.42 Å². The van der Waals surface area contributed by atoms with Gasteiger partial charge in [-0.2, -0.15) is 0 Å². The molecule has 0 aliphatic heterocycles. The molecule has 0 aromatic heterocycles. The van der Waals surface area contributed by atoms with Gasteiger partial charge in [0.25, 0.3) is 0 Å². The summed E-state index contributed by atoms with van der Waals surface area (Å²) in [5.41, 5.74) is 5.01. The Balaban J connectivity index is 1.92. The molecule has 1 unspecified atom stereocenters. The van der Waals surface area contributed by atoms with Crippen LogP contribution < -0.4 is 5.32 Å². The summed E-state index contributed by atoms with van der Waals surface area (Å²) in [5.74, 6) is 0.00186. The quantitative estimate of drug-likeness (QED) is 0.902. The summed E-state index contributed by atoms with van der Waals surface area (Å²) in [6, 6.07) is 18.7. The van der Waals surface area contributed by atoms with E-state index < -0.39 is 0 Å². The molecule has 3 rings (SSSR count). The summed E-state index contributed by atoms with van der Waals surface area (Å²) < 4.78 is 0. The number of benzene rings is 2. The number of carbonyl (C=O) groups excluding carboxylic acids is 1. The van der Waals surface area contributed by atoms with Gasteiger partial charge >= 0.3 is 0 Å². The molecule has 1 aliphatic carbocycles. The Morgan fingerprint density at radius 1 is 1.05 bits per heavy atom. The van der Waals surface area contributed by atoms with Crippen LogP contribution in [-0.4, -0.2) is 5.91 Å². The summed E-state index contributed by atoms with van der Waals surface area (Å²) in [4.78, 5) is 11.3. The van der Waals surface area contributed by atoms with Crippen LogP contribution >= 0.6 is 0 Å². The van der Waals surface area contributed by atoms with Crippen LogP contribution in [0.25, 0.3) is 5.57 Å². The summed E-state index contributed by atoms with van der Waals surface area (Å²) in [5, 5.41) is 3.00. The second-order valence-electron chi connectivity index (χ2n) is 5.12. The second kappa shape index (κ2) is 5.33. The standard InChI is InChI=1S/C18H17NO/c1-13(20)19-18-12-15(11-14-7-3-2-4-8-14)16-9-5-6-10-17(16)18/h2-10,12,18H,11H2,1H3,(H,19,20). The van der Waals surface area contributed by atoms with Gasteiger partial charge in [0, 0.05) is 6.92 Å². The normalized spacial score (nSPS) is 16.4. The molecule has 0 heterocycles. The van der Waals surface area contributed by atoms with Crippen LogP contribution in [0, 0.1) is 0 Å². The lowest BCUT2D eigenvalue weighted by Gasteiger charge is -2.11. The molecular formula is C18H17NO. The summed E-state index contributed by atoms with van der Waals surface area (Å²) >= 11 is 0. The molecule has 1 aliphatic rings. The summed E-state index contributed by atoms with van der Waals surface area (Å²) in [7, 11) is 0. The van der Waals surface area contributed by atoms with E-state index in [1.54, 1.807) is 6.92 Å². The number of carbonyl (C=O) groups is 1. The fraction of sp³-hybridized carbons (Fsp3) is 0.167. The molecule has 2 aromatic carbocycles. The van der Waals surface area contributed by atoms with Gasteiger partial charge < -0.3 is 5.32 Å². The summed E-state index contributed by atoms with van der Waals surface area (Å²) in [6.45, 7) is 1.56. The van der Waals surface area contributed by atoms with Crippen molar-refractivity contribution in [2.45, 2.75) is 19.4 Å². The van der Waals surface area contributed by atoms with Crippen molar-refractivity contribution in [3.8, 4) is 0 Å².